The third-order valence-corrected chi connectivity index (χ3v) is 3.28. The minimum atomic E-state index is -1.56. The van der Waals surface area contributed by atoms with E-state index in [0.717, 1.165) is 0 Å². The molecule has 1 aromatic carbocycles. The maximum absolute atomic E-state index is 10.3. The van der Waals surface area contributed by atoms with Crippen LogP contribution in [0.4, 0.5) is 0 Å². The average molecular weight is 265 g/mol. The minimum absolute atomic E-state index is 0.254. The maximum atomic E-state index is 10.3. The van der Waals surface area contributed by atoms with Gasteiger partial charge >= 0.3 is 0 Å². The highest BCUT2D eigenvalue weighted by atomic mass is 35.5. The van der Waals surface area contributed by atoms with Crippen molar-refractivity contribution in [1.29, 1.82) is 0 Å². The molecule has 0 aliphatic carbocycles. The Balaban J connectivity index is 3.22. The number of aliphatic hydroxyl groups excluding tert-OH is 2. The first kappa shape index (κ1) is 13.7. The Kier molecular flexibility index (Phi) is 4.59. The SMILES string of the molecule is C[C@@H](CO)[C@](O)(CO)c1ccc(Cl)cc1Cl. The molecule has 0 aliphatic rings. The smallest absolute Gasteiger partial charge is 0.119 e. The molecule has 0 radical (unpaired) electrons. The standard InChI is InChI=1S/C11H14Cl2O3/c1-7(5-14)11(16,6-15)9-3-2-8(12)4-10(9)13/h2-4,7,14-16H,5-6H2,1H3/t7-,11+/m0/s1. The van der Waals surface area contributed by atoms with E-state index in [2.05, 4.69) is 0 Å². The van der Waals surface area contributed by atoms with Gasteiger partial charge in [0.05, 0.1) is 6.61 Å². The molecule has 0 unspecified atom stereocenters. The molecule has 90 valence electrons. The molecule has 2 atom stereocenters. The van der Waals surface area contributed by atoms with Crippen molar-refractivity contribution in [2.24, 2.45) is 5.92 Å². The van der Waals surface area contributed by atoms with E-state index < -0.39 is 18.1 Å². The van der Waals surface area contributed by atoms with Crippen LogP contribution in [0, 0.1) is 5.92 Å². The molecular formula is C11H14Cl2O3. The zero-order valence-electron chi connectivity index (χ0n) is 8.82. The highest BCUT2D eigenvalue weighted by Gasteiger charge is 2.36. The number of aliphatic hydroxyl groups is 3. The van der Waals surface area contributed by atoms with E-state index in [-0.39, 0.29) is 11.6 Å². The highest BCUT2D eigenvalue weighted by Crippen LogP contribution is 2.35. The molecule has 3 nitrogen and oxygen atoms in total. The number of hydrogen-bond donors (Lipinski definition) is 3. The third kappa shape index (κ3) is 2.50. The number of rotatable bonds is 4. The van der Waals surface area contributed by atoms with Gasteiger partial charge in [-0.1, -0.05) is 36.2 Å². The van der Waals surface area contributed by atoms with Gasteiger partial charge in [-0.2, -0.15) is 0 Å². The van der Waals surface area contributed by atoms with Crippen LogP contribution in [-0.4, -0.2) is 28.5 Å². The lowest BCUT2D eigenvalue weighted by molar-refractivity contribution is -0.0767. The summed E-state index contributed by atoms with van der Waals surface area (Å²) in [5.41, 5.74) is -1.20. The van der Waals surface area contributed by atoms with Gasteiger partial charge in [0, 0.05) is 28.1 Å². The summed E-state index contributed by atoms with van der Waals surface area (Å²) < 4.78 is 0. The molecule has 0 heterocycles. The molecule has 0 saturated heterocycles. The fourth-order valence-electron chi connectivity index (χ4n) is 1.50. The van der Waals surface area contributed by atoms with Crippen molar-refractivity contribution in [2.75, 3.05) is 13.2 Å². The summed E-state index contributed by atoms with van der Waals surface area (Å²) in [6.45, 7) is 0.854. The van der Waals surface area contributed by atoms with Gasteiger partial charge in [-0.25, -0.2) is 0 Å². The Morgan fingerprint density at radius 2 is 1.94 bits per heavy atom. The summed E-state index contributed by atoms with van der Waals surface area (Å²) in [7, 11) is 0. The minimum Gasteiger partial charge on any atom is -0.396 e. The van der Waals surface area contributed by atoms with Crippen molar-refractivity contribution in [3.05, 3.63) is 33.8 Å². The van der Waals surface area contributed by atoms with Gasteiger partial charge in [-0.3, -0.25) is 0 Å². The van der Waals surface area contributed by atoms with E-state index in [1.165, 1.54) is 6.07 Å². The second-order valence-electron chi connectivity index (χ2n) is 3.79. The van der Waals surface area contributed by atoms with Crippen molar-refractivity contribution in [3.63, 3.8) is 0 Å². The summed E-state index contributed by atoms with van der Waals surface area (Å²) in [6, 6.07) is 4.61. The molecule has 16 heavy (non-hydrogen) atoms. The van der Waals surface area contributed by atoms with Crippen LogP contribution >= 0.6 is 23.2 Å². The number of halogens is 2. The molecular weight excluding hydrogens is 251 g/mol. The molecule has 1 aromatic rings. The summed E-state index contributed by atoms with van der Waals surface area (Å²) in [4.78, 5) is 0. The van der Waals surface area contributed by atoms with Gasteiger partial charge in [0.15, 0.2) is 0 Å². The topological polar surface area (TPSA) is 60.7 Å². The predicted molar refractivity (Wildman–Crippen MR) is 63.7 cm³/mol. The summed E-state index contributed by atoms with van der Waals surface area (Å²) >= 11 is 11.7. The molecule has 0 fully saturated rings. The lowest BCUT2D eigenvalue weighted by atomic mass is 9.83. The van der Waals surface area contributed by atoms with E-state index in [1.807, 2.05) is 0 Å². The molecule has 1 rings (SSSR count). The van der Waals surface area contributed by atoms with Crippen LogP contribution in [0.5, 0.6) is 0 Å². The van der Waals surface area contributed by atoms with Crippen molar-refractivity contribution < 1.29 is 15.3 Å². The van der Waals surface area contributed by atoms with Crippen LogP contribution in [0.3, 0.4) is 0 Å². The molecule has 0 bridgehead atoms. The van der Waals surface area contributed by atoms with E-state index in [9.17, 15) is 10.2 Å². The van der Waals surface area contributed by atoms with E-state index in [0.29, 0.717) is 10.6 Å². The first-order chi connectivity index (χ1) is 7.45. The first-order valence-electron chi connectivity index (χ1n) is 4.85. The molecule has 0 aromatic heterocycles. The largest absolute Gasteiger partial charge is 0.396 e. The van der Waals surface area contributed by atoms with Crippen LogP contribution in [0.25, 0.3) is 0 Å². The zero-order chi connectivity index (χ0) is 12.3. The van der Waals surface area contributed by atoms with Gasteiger partial charge in [-0.05, 0) is 12.1 Å². The van der Waals surface area contributed by atoms with Crippen LogP contribution in [-0.2, 0) is 5.60 Å². The first-order valence-corrected chi connectivity index (χ1v) is 5.61. The Bertz CT molecular complexity index is 370. The molecule has 0 spiro atoms. The number of hydrogen-bond acceptors (Lipinski definition) is 3. The van der Waals surface area contributed by atoms with Crippen LogP contribution in [0.1, 0.15) is 12.5 Å². The average Bonchev–Trinajstić information content (AvgIpc) is 2.27. The van der Waals surface area contributed by atoms with Crippen LogP contribution in [0.15, 0.2) is 18.2 Å². The van der Waals surface area contributed by atoms with Gasteiger partial charge in [0.1, 0.15) is 5.60 Å². The fraction of sp³-hybridized carbons (Fsp3) is 0.455. The Morgan fingerprint density at radius 1 is 1.31 bits per heavy atom. The van der Waals surface area contributed by atoms with Crippen molar-refractivity contribution in [3.8, 4) is 0 Å². The van der Waals surface area contributed by atoms with Gasteiger partial charge in [0.25, 0.3) is 0 Å². The van der Waals surface area contributed by atoms with Crippen molar-refractivity contribution >= 4 is 23.2 Å². The second kappa shape index (κ2) is 5.34. The summed E-state index contributed by atoms with van der Waals surface area (Å²) in [5.74, 6) is -0.531. The molecule has 5 heteroatoms. The monoisotopic (exact) mass is 264 g/mol. The number of benzene rings is 1. The molecule has 0 saturated carbocycles. The van der Waals surface area contributed by atoms with E-state index in [1.54, 1.807) is 19.1 Å². The Morgan fingerprint density at radius 3 is 2.38 bits per heavy atom. The van der Waals surface area contributed by atoms with Crippen molar-refractivity contribution in [1.82, 2.24) is 0 Å². The third-order valence-electron chi connectivity index (χ3n) is 2.73. The van der Waals surface area contributed by atoms with E-state index in [4.69, 9.17) is 28.3 Å². The quantitative estimate of drug-likeness (QED) is 0.778. The molecule has 3 N–H and O–H groups in total. The van der Waals surface area contributed by atoms with Crippen LogP contribution in [0.2, 0.25) is 10.0 Å². The lowest BCUT2D eigenvalue weighted by Gasteiger charge is -2.32. The summed E-state index contributed by atoms with van der Waals surface area (Å²) in [5, 5.41) is 29.4. The highest BCUT2D eigenvalue weighted by molar-refractivity contribution is 6.35. The van der Waals surface area contributed by atoms with Crippen molar-refractivity contribution in [2.45, 2.75) is 12.5 Å². The van der Waals surface area contributed by atoms with Gasteiger partial charge in [-0.15, -0.1) is 0 Å². The van der Waals surface area contributed by atoms with Gasteiger partial charge < -0.3 is 15.3 Å². The predicted octanol–water partition coefficient (Wildman–Crippen LogP) is 1.80. The molecule has 0 aliphatic heterocycles. The summed E-state index contributed by atoms with van der Waals surface area (Å²) in [6.07, 6.45) is 0. The zero-order valence-corrected chi connectivity index (χ0v) is 10.3. The Hall–Kier alpha value is -0.320. The van der Waals surface area contributed by atoms with E-state index >= 15 is 0 Å². The second-order valence-corrected chi connectivity index (χ2v) is 4.63. The normalized spacial score (nSPS) is 16.9. The lowest BCUT2D eigenvalue weighted by Crippen LogP contribution is -2.39. The maximum Gasteiger partial charge on any atom is 0.119 e. The fourth-order valence-corrected chi connectivity index (χ4v) is 2.07. The van der Waals surface area contributed by atoms with Gasteiger partial charge in [0.2, 0.25) is 0 Å². The molecule has 0 amide bonds. The Labute approximate surface area is 104 Å². The van der Waals surface area contributed by atoms with Crippen LogP contribution < -0.4 is 0 Å².